The highest BCUT2D eigenvalue weighted by Gasteiger charge is 2.33. The minimum atomic E-state index is -0.536. The molecule has 0 saturated carbocycles. The highest BCUT2D eigenvalue weighted by atomic mass is 16.2. The highest BCUT2D eigenvalue weighted by molar-refractivity contribution is 6.05. The van der Waals surface area contributed by atoms with Crippen molar-refractivity contribution in [3.05, 3.63) is 59.7 Å². The molecule has 8 heteroatoms. The number of rotatable bonds is 8. The lowest BCUT2D eigenvalue weighted by Crippen LogP contribution is -2.29. The van der Waals surface area contributed by atoms with Crippen LogP contribution in [0.2, 0.25) is 0 Å². The van der Waals surface area contributed by atoms with Crippen LogP contribution >= 0.6 is 0 Å². The molecule has 4 N–H and O–H groups in total. The van der Waals surface area contributed by atoms with Crippen LogP contribution in [-0.2, 0) is 9.59 Å². The van der Waals surface area contributed by atoms with E-state index in [1.165, 1.54) is 12.1 Å². The molecule has 0 aromatic heterocycles. The molecule has 8 nitrogen and oxygen atoms in total. The average Bonchev–Trinajstić information content (AvgIpc) is 3.13. The van der Waals surface area contributed by atoms with E-state index in [0.717, 1.165) is 12.8 Å². The van der Waals surface area contributed by atoms with Crippen molar-refractivity contribution in [3.63, 3.8) is 0 Å². The molecule has 162 valence electrons. The number of unbranched alkanes of at least 4 members (excludes halogenated alkanes) is 1. The van der Waals surface area contributed by atoms with Crippen LogP contribution in [-0.4, -0.2) is 41.6 Å². The van der Waals surface area contributed by atoms with Crippen molar-refractivity contribution in [2.45, 2.75) is 26.2 Å². The van der Waals surface area contributed by atoms with Gasteiger partial charge in [-0.2, -0.15) is 0 Å². The number of carbonyl (C=O) groups is 4. The summed E-state index contributed by atoms with van der Waals surface area (Å²) in [6.45, 7) is 3.20. The molecule has 4 amide bonds. The number of nitrogens with two attached hydrogens (primary N) is 1. The summed E-state index contributed by atoms with van der Waals surface area (Å²) in [6.07, 6.45) is 2.16. The fourth-order valence-electron chi connectivity index (χ4n) is 3.38. The largest absolute Gasteiger partial charge is 0.366 e. The van der Waals surface area contributed by atoms with Gasteiger partial charge < -0.3 is 21.3 Å². The van der Waals surface area contributed by atoms with Crippen molar-refractivity contribution in [3.8, 4) is 0 Å². The fraction of sp³-hybridized carbons (Fsp3) is 0.304. The van der Waals surface area contributed by atoms with Crippen LogP contribution in [0.4, 0.5) is 11.4 Å². The van der Waals surface area contributed by atoms with Gasteiger partial charge in [-0.1, -0.05) is 13.3 Å². The second-order valence-electron chi connectivity index (χ2n) is 7.56. The summed E-state index contributed by atoms with van der Waals surface area (Å²) >= 11 is 0. The predicted octanol–water partition coefficient (Wildman–Crippen LogP) is 2.62. The number of nitrogens with zero attached hydrogens (tertiary/aromatic N) is 1. The van der Waals surface area contributed by atoms with Gasteiger partial charge in [-0.05, 0) is 55.0 Å². The number of amides is 4. The summed E-state index contributed by atoms with van der Waals surface area (Å²) in [7, 11) is 0. The topological polar surface area (TPSA) is 122 Å². The van der Waals surface area contributed by atoms with Gasteiger partial charge in [-0.3, -0.25) is 19.2 Å². The summed E-state index contributed by atoms with van der Waals surface area (Å²) in [5, 5.41) is 5.55. The van der Waals surface area contributed by atoms with Gasteiger partial charge in [0.2, 0.25) is 17.7 Å². The van der Waals surface area contributed by atoms with Crippen LogP contribution in [0.25, 0.3) is 0 Å². The van der Waals surface area contributed by atoms with Crippen LogP contribution in [0, 0.1) is 5.92 Å². The molecule has 31 heavy (non-hydrogen) atoms. The maximum atomic E-state index is 12.5. The Bertz CT molecular complexity index is 970. The minimum absolute atomic E-state index is 0.0180. The molecule has 2 aromatic carbocycles. The van der Waals surface area contributed by atoms with Gasteiger partial charge >= 0.3 is 0 Å². The first-order chi connectivity index (χ1) is 14.9. The average molecular weight is 422 g/mol. The maximum Gasteiger partial charge on any atom is 0.255 e. The third-order valence-corrected chi connectivity index (χ3v) is 5.21. The van der Waals surface area contributed by atoms with Crippen LogP contribution in [0.5, 0.6) is 0 Å². The SMILES string of the molecule is CCCCN1CC(C(=O)Nc2ccc(C(=O)Nc3ccc(C(N)=O)cc3)cc2)CC1=O. The molecule has 0 spiro atoms. The zero-order chi connectivity index (χ0) is 22.4. The van der Waals surface area contributed by atoms with Gasteiger partial charge in [0.1, 0.15) is 0 Å². The molecular formula is C23H26N4O4. The number of primary amides is 1. The molecule has 1 aliphatic heterocycles. The standard InChI is InChI=1S/C23H26N4O4/c1-2-3-12-27-14-17(13-20(27)28)23(31)26-19-10-6-16(7-11-19)22(30)25-18-8-4-15(5-9-18)21(24)29/h4-11,17H,2-3,12-14H2,1H3,(H2,24,29)(H,25,30)(H,26,31). The van der Waals surface area contributed by atoms with Crippen molar-refractivity contribution >= 4 is 35.0 Å². The summed E-state index contributed by atoms with van der Waals surface area (Å²) in [5.74, 6) is -1.40. The minimum Gasteiger partial charge on any atom is -0.366 e. The van der Waals surface area contributed by atoms with E-state index >= 15 is 0 Å². The van der Waals surface area contributed by atoms with Crippen molar-refractivity contribution < 1.29 is 19.2 Å². The molecule has 0 radical (unpaired) electrons. The van der Waals surface area contributed by atoms with E-state index in [0.29, 0.717) is 35.6 Å². The Kier molecular flexibility index (Phi) is 7.02. The van der Waals surface area contributed by atoms with E-state index in [9.17, 15) is 19.2 Å². The monoisotopic (exact) mass is 422 g/mol. The first-order valence-corrected chi connectivity index (χ1v) is 10.3. The Hall–Kier alpha value is -3.68. The quantitative estimate of drug-likeness (QED) is 0.605. The number of nitrogens with one attached hydrogen (secondary N) is 2. The second kappa shape index (κ2) is 9.88. The zero-order valence-electron chi connectivity index (χ0n) is 17.4. The summed E-state index contributed by atoms with van der Waals surface area (Å²) < 4.78 is 0. The number of anilines is 2. The summed E-state index contributed by atoms with van der Waals surface area (Å²) in [5.41, 5.74) is 7.07. The van der Waals surface area contributed by atoms with Crippen molar-refractivity contribution in [1.82, 2.24) is 4.90 Å². The van der Waals surface area contributed by atoms with E-state index in [-0.39, 0.29) is 30.1 Å². The Labute approximate surface area is 180 Å². The Balaban J connectivity index is 1.55. The van der Waals surface area contributed by atoms with Crippen LogP contribution in [0.1, 0.15) is 46.9 Å². The number of likely N-dealkylation sites (tertiary alicyclic amines) is 1. The maximum absolute atomic E-state index is 12.5. The summed E-state index contributed by atoms with van der Waals surface area (Å²) in [4.78, 5) is 49.8. The Morgan fingerprint density at radius 3 is 2.13 bits per heavy atom. The lowest BCUT2D eigenvalue weighted by molar-refractivity contribution is -0.128. The second-order valence-corrected chi connectivity index (χ2v) is 7.56. The third-order valence-electron chi connectivity index (χ3n) is 5.21. The molecule has 1 fully saturated rings. The van der Waals surface area contributed by atoms with Crippen molar-refractivity contribution in [2.24, 2.45) is 11.7 Å². The van der Waals surface area contributed by atoms with Gasteiger partial charge in [-0.15, -0.1) is 0 Å². The van der Waals surface area contributed by atoms with Crippen molar-refractivity contribution in [2.75, 3.05) is 23.7 Å². The number of benzene rings is 2. The first-order valence-electron chi connectivity index (χ1n) is 10.3. The van der Waals surface area contributed by atoms with E-state index in [2.05, 4.69) is 17.6 Å². The van der Waals surface area contributed by atoms with Gasteiger partial charge in [-0.25, -0.2) is 0 Å². The van der Waals surface area contributed by atoms with Gasteiger partial charge in [0.05, 0.1) is 5.92 Å². The van der Waals surface area contributed by atoms with E-state index in [1.54, 1.807) is 41.3 Å². The number of hydrogen-bond donors (Lipinski definition) is 3. The molecule has 0 aliphatic carbocycles. The molecule has 1 unspecified atom stereocenters. The lowest BCUT2D eigenvalue weighted by atomic mass is 10.1. The van der Waals surface area contributed by atoms with Crippen LogP contribution in [0.3, 0.4) is 0 Å². The molecule has 1 aliphatic rings. The fourth-order valence-corrected chi connectivity index (χ4v) is 3.38. The predicted molar refractivity (Wildman–Crippen MR) is 118 cm³/mol. The molecule has 0 bridgehead atoms. The highest BCUT2D eigenvalue weighted by Crippen LogP contribution is 2.21. The third kappa shape index (κ3) is 5.69. The van der Waals surface area contributed by atoms with Crippen molar-refractivity contribution in [1.29, 1.82) is 0 Å². The van der Waals surface area contributed by atoms with Gasteiger partial charge in [0.25, 0.3) is 5.91 Å². The zero-order valence-corrected chi connectivity index (χ0v) is 17.4. The van der Waals surface area contributed by atoms with E-state index in [4.69, 9.17) is 5.73 Å². The molecule has 1 saturated heterocycles. The van der Waals surface area contributed by atoms with E-state index < -0.39 is 5.91 Å². The van der Waals surface area contributed by atoms with Gasteiger partial charge in [0, 0.05) is 42.0 Å². The lowest BCUT2D eigenvalue weighted by Gasteiger charge is -2.16. The normalized spacial score (nSPS) is 15.6. The van der Waals surface area contributed by atoms with E-state index in [1.807, 2.05) is 0 Å². The molecule has 1 heterocycles. The Morgan fingerprint density at radius 2 is 1.55 bits per heavy atom. The molecule has 2 aromatic rings. The Morgan fingerprint density at radius 1 is 0.968 bits per heavy atom. The van der Waals surface area contributed by atoms with Crippen LogP contribution < -0.4 is 16.4 Å². The first kappa shape index (κ1) is 22.0. The van der Waals surface area contributed by atoms with Gasteiger partial charge in [0.15, 0.2) is 0 Å². The molecular weight excluding hydrogens is 396 g/mol. The number of carbonyl (C=O) groups excluding carboxylic acids is 4. The smallest absolute Gasteiger partial charge is 0.255 e. The summed E-state index contributed by atoms with van der Waals surface area (Å²) in [6, 6.07) is 12.8. The van der Waals surface area contributed by atoms with Crippen LogP contribution in [0.15, 0.2) is 48.5 Å². The molecule has 1 atom stereocenters. The number of hydrogen-bond acceptors (Lipinski definition) is 4. The molecule has 3 rings (SSSR count).